The first-order valence-corrected chi connectivity index (χ1v) is 7.27. The molecule has 1 fully saturated rings. The summed E-state index contributed by atoms with van der Waals surface area (Å²) in [6.45, 7) is 4.10. The van der Waals surface area contributed by atoms with Crippen molar-refractivity contribution in [1.82, 2.24) is 4.98 Å². The SMILES string of the molecule is CCC1CC(Nc2ccc(OCCOC)nc2)CCO1. The third-order valence-corrected chi connectivity index (χ3v) is 3.47. The molecule has 1 aromatic rings. The molecule has 0 aliphatic carbocycles. The highest BCUT2D eigenvalue weighted by Gasteiger charge is 2.21. The molecule has 1 aromatic heterocycles. The van der Waals surface area contributed by atoms with Crippen molar-refractivity contribution < 1.29 is 14.2 Å². The van der Waals surface area contributed by atoms with Crippen molar-refractivity contribution in [1.29, 1.82) is 0 Å². The largest absolute Gasteiger partial charge is 0.475 e. The molecule has 1 N–H and O–H groups in total. The fourth-order valence-corrected chi connectivity index (χ4v) is 2.31. The molecule has 2 unspecified atom stereocenters. The van der Waals surface area contributed by atoms with Crippen molar-refractivity contribution in [3.63, 3.8) is 0 Å². The van der Waals surface area contributed by atoms with Crippen LogP contribution in [0.15, 0.2) is 18.3 Å². The highest BCUT2D eigenvalue weighted by atomic mass is 16.5. The second-order valence-corrected chi connectivity index (χ2v) is 4.99. The smallest absolute Gasteiger partial charge is 0.213 e. The van der Waals surface area contributed by atoms with Crippen LogP contribution < -0.4 is 10.1 Å². The molecule has 1 aliphatic rings. The lowest BCUT2D eigenvalue weighted by atomic mass is 10.0. The van der Waals surface area contributed by atoms with Crippen molar-refractivity contribution in [3.8, 4) is 5.88 Å². The molecule has 0 spiro atoms. The van der Waals surface area contributed by atoms with Crippen LogP contribution in [0.3, 0.4) is 0 Å². The van der Waals surface area contributed by atoms with Crippen LogP contribution in [-0.2, 0) is 9.47 Å². The number of nitrogens with one attached hydrogen (secondary N) is 1. The Morgan fingerprint density at radius 2 is 2.30 bits per heavy atom. The average molecular weight is 280 g/mol. The predicted octanol–water partition coefficient (Wildman–Crippen LogP) is 2.48. The second kappa shape index (κ2) is 8.07. The molecule has 0 bridgehead atoms. The van der Waals surface area contributed by atoms with Gasteiger partial charge >= 0.3 is 0 Å². The zero-order valence-corrected chi connectivity index (χ0v) is 12.3. The summed E-state index contributed by atoms with van der Waals surface area (Å²) in [6.07, 6.45) is 5.37. The van der Waals surface area contributed by atoms with Crippen LogP contribution in [0.5, 0.6) is 5.88 Å². The molecule has 112 valence electrons. The summed E-state index contributed by atoms with van der Waals surface area (Å²) in [5.74, 6) is 0.631. The van der Waals surface area contributed by atoms with Crippen LogP contribution in [0.25, 0.3) is 0 Å². The molecule has 0 amide bonds. The highest BCUT2D eigenvalue weighted by Crippen LogP contribution is 2.21. The van der Waals surface area contributed by atoms with E-state index in [0.29, 0.717) is 31.2 Å². The molecular formula is C15H24N2O3. The van der Waals surface area contributed by atoms with Gasteiger partial charge in [0.05, 0.1) is 24.6 Å². The number of hydrogen-bond donors (Lipinski definition) is 1. The standard InChI is InChI=1S/C15H24N2O3/c1-3-14-10-12(6-7-19-14)17-13-4-5-15(16-11-13)20-9-8-18-2/h4-5,11-12,14,17H,3,6-10H2,1-2H3. The Kier molecular flexibility index (Phi) is 6.08. The topological polar surface area (TPSA) is 52.6 Å². The van der Waals surface area contributed by atoms with Gasteiger partial charge in [-0.2, -0.15) is 0 Å². The number of methoxy groups -OCH3 is 1. The van der Waals surface area contributed by atoms with Crippen molar-refractivity contribution in [3.05, 3.63) is 18.3 Å². The molecule has 2 atom stereocenters. The van der Waals surface area contributed by atoms with Gasteiger partial charge in [-0.05, 0) is 25.3 Å². The summed E-state index contributed by atoms with van der Waals surface area (Å²) in [6, 6.07) is 4.36. The van der Waals surface area contributed by atoms with E-state index in [0.717, 1.165) is 31.6 Å². The zero-order valence-electron chi connectivity index (χ0n) is 12.3. The normalized spacial score (nSPS) is 22.5. The Labute approximate surface area is 120 Å². The molecular weight excluding hydrogens is 256 g/mol. The van der Waals surface area contributed by atoms with Gasteiger partial charge in [0.15, 0.2) is 0 Å². The molecule has 0 aromatic carbocycles. The monoisotopic (exact) mass is 280 g/mol. The average Bonchev–Trinajstić information content (AvgIpc) is 2.49. The summed E-state index contributed by atoms with van der Waals surface area (Å²) in [5.41, 5.74) is 1.03. The van der Waals surface area contributed by atoms with Crippen LogP contribution in [0.1, 0.15) is 26.2 Å². The summed E-state index contributed by atoms with van der Waals surface area (Å²) in [4.78, 5) is 4.28. The summed E-state index contributed by atoms with van der Waals surface area (Å²) >= 11 is 0. The van der Waals surface area contributed by atoms with Gasteiger partial charge in [0.2, 0.25) is 5.88 Å². The maximum absolute atomic E-state index is 5.68. The number of ether oxygens (including phenoxy) is 3. The fraction of sp³-hybridized carbons (Fsp3) is 0.667. The van der Waals surface area contributed by atoms with E-state index in [-0.39, 0.29) is 0 Å². The Morgan fingerprint density at radius 3 is 3.00 bits per heavy atom. The lowest BCUT2D eigenvalue weighted by Gasteiger charge is -2.30. The Bertz CT molecular complexity index is 383. The van der Waals surface area contributed by atoms with Gasteiger partial charge in [0.25, 0.3) is 0 Å². The van der Waals surface area contributed by atoms with E-state index in [1.54, 1.807) is 7.11 Å². The minimum atomic E-state index is 0.380. The number of nitrogens with zero attached hydrogens (tertiary/aromatic N) is 1. The third kappa shape index (κ3) is 4.65. The first-order valence-electron chi connectivity index (χ1n) is 7.27. The van der Waals surface area contributed by atoms with Gasteiger partial charge in [-0.1, -0.05) is 6.92 Å². The van der Waals surface area contributed by atoms with Crippen LogP contribution in [0.2, 0.25) is 0 Å². The maximum Gasteiger partial charge on any atom is 0.213 e. The van der Waals surface area contributed by atoms with Crippen LogP contribution >= 0.6 is 0 Å². The van der Waals surface area contributed by atoms with Crippen molar-refractivity contribution in [2.75, 3.05) is 32.2 Å². The number of rotatable bonds is 7. The molecule has 0 saturated carbocycles. The van der Waals surface area contributed by atoms with Crippen molar-refractivity contribution in [2.45, 2.75) is 38.3 Å². The lowest BCUT2D eigenvalue weighted by molar-refractivity contribution is 0.00925. The quantitative estimate of drug-likeness (QED) is 0.778. The second-order valence-electron chi connectivity index (χ2n) is 4.99. The van der Waals surface area contributed by atoms with Crippen LogP contribution in [-0.4, -0.2) is 44.1 Å². The van der Waals surface area contributed by atoms with E-state index >= 15 is 0 Å². The van der Waals surface area contributed by atoms with Gasteiger partial charge in [-0.25, -0.2) is 4.98 Å². The molecule has 2 rings (SSSR count). The molecule has 5 heteroatoms. The van der Waals surface area contributed by atoms with Gasteiger partial charge < -0.3 is 19.5 Å². The number of aromatic nitrogens is 1. The van der Waals surface area contributed by atoms with Crippen LogP contribution in [0, 0.1) is 0 Å². The molecule has 1 saturated heterocycles. The first-order chi connectivity index (χ1) is 9.81. The number of hydrogen-bond acceptors (Lipinski definition) is 5. The third-order valence-electron chi connectivity index (χ3n) is 3.47. The Morgan fingerprint density at radius 1 is 1.40 bits per heavy atom. The summed E-state index contributed by atoms with van der Waals surface area (Å²) in [7, 11) is 1.65. The predicted molar refractivity (Wildman–Crippen MR) is 78.3 cm³/mol. The molecule has 20 heavy (non-hydrogen) atoms. The van der Waals surface area contributed by atoms with Gasteiger partial charge in [-0.15, -0.1) is 0 Å². The summed E-state index contributed by atoms with van der Waals surface area (Å²) < 4.78 is 16.1. The molecule has 2 heterocycles. The van der Waals surface area contributed by atoms with E-state index in [1.807, 2.05) is 18.3 Å². The van der Waals surface area contributed by atoms with E-state index < -0.39 is 0 Å². The molecule has 0 radical (unpaired) electrons. The minimum Gasteiger partial charge on any atom is -0.475 e. The van der Waals surface area contributed by atoms with E-state index in [4.69, 9.17) is 14.2 Å². The first kappa shape index (κ1) is 15.1. The van der Waals surface area contributed by atoms with Gasteiger partial charge in [-0.3, -0.25) is 0 Å². The molecule has 1 aliphatic heterocycles. The van der Waals surface area contributed by atoms with E-state index in [2.05, 4.69) is 17.2 Å². The Balaban J connectivity index is 1.80. The van der Waals surface area contributed by atoms with Crippen molar-refractivity contribution >= 4 is 5.69 Å². The maximum atomic E-state index is 5.68. The van der Waals surface area contributed by atoms with E-state index in [9.17, 15) is 0 Å². The Hall–Kier alpha value is -1.33. The van der Waals surface area contributed by atoms with Gasteiger partial charge in [0.1, 0.15) is 6.61 Å². The van der Waals surface area contributed by atoms with Crippen LogP contribution in [0.4, 0.5) is 5.69 Å². The molecule has 5 nitrogen and oxygen atoms in total. The highest BCUT2D eigenvalue weighted by molar-refractivity contribution is 5.43. The minimum absolute atomic E-state index is 0.380. The lowest BCUT2D eigenvalue weighted by Crippen LogP contribution is -2.33. The van der Waals surface area contributed by atoms with Crippen molar-refractivity contribution in [2.24, 2.45) is 0 Å². The van der Waals surface area contributed by atoms with Gasteiger partial charge in [0, 0.05) is 25.8 Å². The number of anilines is 1. The fourth-order valence-electron chi connectivity index (χ4n) is 2.31. The summed E-state index contributed by atoms with van der Waals surface area (Å²) in [5, 5.41) is 3.52. The zero-order chi connectivity index (χ0) is 14.2. The number of pyridine rings is 1. The van der Waals surface area contributed by atoms with E-state index in [1.165, 1.54) is 0 Å².